The molecule has 1 aliphatic heterocycles. The fraction of sp³-hybridized carbons (Fsp3) is 0.360. The summed E-state index contributed by atoms with van der Waals surface area (Å²) >= 11 is 0. The lowest BCUT2D eigenvalue weighted by atomic mass is 9.95. The molecule has 1 atom stereocenters. The Balaban J connectivity index is 1.65. The first-order valence-electron chi connectivity index (χ1n) is 11.2. The zero-order chi connectivity index (χ0) is 22.9. The van der Waals surface area contributed by atoms with E-state index in [0.29, 0.717) is 24.5 Å². The van der Waals surface area contributed by atoms with Crippen LogP contribution < -0.4 is 5.56 Å². The van der Waals surface area contributed by atoms with E-state index in [1.54, 1.807) is 11.8 Å². The molecule has 3 heterocycles. The van der Waals surface area contributed by atoms with Gasteiger partial charge < -0.3 is 9.72 Å². The number of hydrogen-bond acceptors (Lipinski definition) is 6. The first kappa shape index (κ1) is 21.5. The monoisotopic (exact) mass is 444 g/mol. The van der Waals surface area contributed by atoms with Crippen LogP contribution in [0.25, 0.3) is 10.9 Å². The lowest BCUT2D eigenvalue weighted by Crippen LogP contribution is -2.38. The molecule has 5 rings (SSSR count). The van der Waals surface area contributed by atoms with Gasteiger partial charge in [-0.05, 0) is 76.5 Å². The van der Waals surface area contributed by atoms with Crippen molar-refractivity contribution >= 4 is 10.9 Å². The summed E-state index contributed by atoms with van der Waals surface area (Å²) in [6.07, 6.45) is 0.913. The van der Waals surface area contributed by atoms with Gasteiger partial charge in [0.25, 0.3) is 5.56 Å². The van der Waals surface area contributed by atoms with Crippen LogP contribution in [0.15, 0.2) is 47.3 Å². The summed E-state index contributed by atoms with van der Waals surface area (Å²) in [7, 11) is 1.65. The van der Waals surface area contributed by atoms with Gasteiger partial charge in [-0.1, -0.05) is 24.3 Å². The van der Waals surface area contributed by atoms with Crippen molar-refractivity contribution in [3.8, 4) is 0 Å². The van der Waals surface area contributed by atoms with E-state index in [0.717, 1.165) is 36.0 Å². The smallest absolute Gasteiger partial charge is 0.253 e. The molecule has 0 radical (unpaired) electrons. The Morgan fingerprint density at radius 3 is 2.73 bits per heavy atom. The van der Waals surface area contributed by atoms with Crippen molar-refractivity contribution < 1.29 is 4.74 Å². The molecule has 0 saturated carbocycles. The number of fused-ring (bicyclic) bond motifs is 2. The van der Waals surface area contributed by atoms with E-state index in [2.05, 4.69) is 69.6 Å². The van der Waals surface area contributed by atoms with Crippen molar-refractivity contribution in [2.24, 2.45) is 0 Å². The van der Waals surface area contributed by atoms with Crippen molar-refractivity contribution in [1.82, 2.24) is 30.1 Å². The fourth-order valence-electron chi connectivity index (χ4n) is 4.68. The third-order valence-corrected chi connectivity index (χ3v) is 6.62. The molecule has 170 valence electrons. The van der Waals surface area contributed by atoms with Crippen LogP contribution in [0.4, 0.5) is 0 Å². The van der Waals surface area contributed by atoms with Gasteiger partial charge in [0.05, 0.1) is 13.2 Å². The average molecular weight is 445 g/mol. The summed E-state index contributed by atoms with van der Waals surface area (Å²) in [4.78, 5) is 18.8. The predicted octanol–water partition coefficient (Wildman–Crippen LogP) is 2.93. The Bertz CT molecular complexity index is 1360. The van der Waals surface area contributed by atoms with E-state index >= 15 is 0 Å². The molecule has 0 saturated heterocycles. The molecule has 0 amide bonds. The predicted molar refractivity (Wildman–Crippen MR) is 126 cm³/mol. The molecule has 1 aliphatic rings. The Labute approximate surface area is 192 Å². The fourth-order valence-corrected chi connectivity index (χ4v) is 4.68. The highest BCUT2D eigenvalue weighted by molar-refractivity contribution is 5.81. The number of nitrogens with zero attached hydrogens (tertiary/aromatic N) is 5. The molecule has 8 heteroatoms. The van der Waals surface area contributed by atoms with Crippen molar-refractivity contribution in [2.75, 3.05) is 20.3 Å². The Morgan fingerprint density at radius 2 is 1.91 bits per heavy atom. The number of pyridine rings is 1. The summed E-state index contributed by atoms with van der Waals surface area (Å²) < 4.78 is 7.00. The number of H-pyrrole nitrogens is 1. The number of ether oxygens (including phenoxy) is 1. The number of hydrogen-bond donors (Lipinski definition) is 1. The van der Waals surface area contributed by atoms with E-state index < -0.39 is 0 Å². The number of benzene rings is 2. The summed E-state index contributed by atoms with van der Waals surface area (Å²) in [5, 5.41) is 13.5. The third kappa shape index (κ3) is 4.07. The number of methoxy groups -OCH3 is 1. The average Bonchev–Trinajstić information content (AvgIpc) is 3.27. The Hall–Kier alpha value is -3.36. The van der Waals surface area contributed by atoms with Gasteiger partial charge in [-0.3, -0.25) is 9.69 Å². The molecule has 2 aromatic carbocycles. The highest BCUT2D eigenvalue weighted by Gasteiger charge is 2.32. The van der Waals surface area contributed by atoms with Crippen molar-refractivity contribution in [2.45, 2.75) is 39.4 Å². The van der Waals surface area contributed by atoms with Crippen LogP contribution >= 0.6 is 0 Å². The summed E-state index contributed by atoms with van der Waals surface area (Å²) in [6.45, 7) is 6.68. The molecule has 2 aromatic heterocycles. The first-order valence-corrected chi connectivity index (χ1v) is 11.2. The van der Waals surface area contributed by atoms with Gasteiger partial charge in [0.15, 0.2) is 5.82 Å². The number of tetrazole rings is 1. The number of nitrogens with one attached hydrogen (secondary N) is 1. The standard InChI is InChI=1S/C25H28N6O2/c1-16-12-20-14-21(25(32)26-22(20)13-17(16)2)23(24-27-28-29-31(24)10-11-33-3)30-9-8-18-6-4-5-7-19(18)15-30/h4-7,12-14,23H,8-11,15H2,1-3H3,(H,26,32). The van der Waals surface area contributed by atoms with E-state index in [1.807, 2.05) is 12.1 Å². The van der Waals surface area contributed by atoms with Crippen LogP contribution in [-0.2, 0) is 24.2 Å². The van der Waals surface area contributed by atoms with Crippen LogP contribution in [0.5, 0.6) is 0 Å². The number of aryl methyl sites for hydroxylation is 2. The van der Waals surface area contributed by atoms with Gasteiger partial charge in [-0.2, -0.15) is 0 Å². The second-order valence-corrected chi connectivity index (χ2v) is 8.72. The summed E-state index contributed by atoms with van der Waals surface area (Å²) in [5.41, 5.74) is 6.34. The van der Waals surface area contributed by atoms with Crippen LogP contribution in [0, 0.1) is 13.8 Å². The van der Waals surface area contributed by atoms with Gasteiger partial charge in [-0.25, -0.2) is 4.68 Å². The molecular weight excluding hydrogens is 416 g/mol. The molecular formula is C25H28N6O2. The largest absolute Gasteiger partial charge is 0.383 e. The maximum absolute atomic E-state index is 13.4. The Kier molecular flexibility index (Phi) is 5.78. The molecule has 0 aliphatic carbocycles. The lowest BCUT2D eigenvalue weighted by molar-refractivity contribution is 0.169. The first-order chi connectivity index (χ1) is 16.0. The van der Waals surface area contributed by atoms with Crippen molar-refractivity contribution in [3.63, 3.8) is 0 Å². The molecule has 8 nitrogen and oxygen atoms in total. The SMILES string of the molecule is COCCn1nnnc1C(c1cc2cc(C)c(C)cc2[nH]c1=O)N1CCc2ccccc2C1. The molecule has 33 heavy (non-hydrogen) atoms. The summed E-state index contributed by atoms with van der Waals surface area (Å²) in [5.74, 6) is 0.653. The highest BCUT2D eigenvalue weighted by atomic mass is 16.5. The maximum Gasteiger partial charge on any atom is 0.253 e. The molecule has 4 aromatic rings. The zero-order valence-corrected chi connectivity index (χ0v) is 19.2. The van der Waals surface area contributed by atoms with Crippen LogP contribution in [0.2, 0.25) is 0 Å². The van der Waals surface area contributed by atoms with Gasteiger partial charge >= 0.3 is 0 Å². The second kappa shape index (κ2) is 8.88. The molecule has 0 spiro atoms. The molecule has 0 fully saturated rings. The van der Waals surface area contributed by atoms with Gasteiger partial charge in [0, 0.05) is 31.3 Å². The van der Waals surface area contributed by atoms with E-state index in [1.165, 1.54) is 16.7 Å². The van der Waals surface area contributed by atoms with Gasteiger partial charge in [0.2, 0.25) is 0 Å². The quantitative estimate of drug-likeness (QED) is 0.492. The van der Waals surface area contributed by atoms with Crippen LogP contribution in [-0.4, -0.2) is 50.4 Å². The van der Waals surface area contributed by atoms with E-state index in [-0.39, 0.29) is 11.6 Å². The molecule has 1 N–H and O–H groups in total. The van der Waals surface area contributed by atoms with Crippen LogP contribution in [0.1, 0.15) is 39.7 Å². The Morgan fingerprint density at radius 1 is 1.12 bits per heavy atom. The number of aromatic nitrogens is 5. The number of rotatable bonds is 6. The third-order valence-electron chi connectivity index (χ3n) is 6.62. The molecule has 1 unspecified atom stereocenters. The second-order valence-electron chi connectivity index (χ2n) is 8.72. The molecule has 0 bridgehead atoms. The number of aromatic amines is 1. The van der Waals surface area contributed by atoms with Gasteiger partial charge in [-0.15, -0.1) is 5.10 Å². The van der Waals surface area contributed by atoms with E-state index in [9.17, 15) is 4.79 Å². The minimum Gasteiger partial charge on any atom is -0.383 e. The van der Waals surface area contributed by atoms with Gasteiger partial charge in [0.1, 0.15) is 6.04 Å². The van der Waals surface area contributed by atoms with E-state index in [4.69, 9.17) is 4.74 Å². The minimum atomic E-state index is -0.375. The van der Waals surface area contributed by atoms with Crippen LogP contribution in [0.3, 0.4) is 0 Å². The van der Waals surface area contributed by atoms with Crippen molar-refractivity contribution in [1.29, 1.82) is 0 Å². The summed E-state index contributed by atoms with van der Waals surface area (Å²) in [6, 6.07) is 14.3. The normalized spacial score (nSPS) is 15.0. The minimum absolute atomic E-state index is 0.115. The topological polar surface area (TPSA) is 88.9 Å². The highest BCUT2D eigenvalue weighted by Crippen LogP contribution is 2.32. The maximum atomic E-state index is 13.4. The lowest BCUT2D eigenvalue weighted by Gasteiger charge is -2.34. The zero-order valence-electron chi connectivity index (χ0n) is 19.2. The van der Waals surface area contributed by atoms with Crippen molar-refractivity contribution in [3.05, 3.63) is 86.5 Å².